The van der Waals surface area contributed by atoms with E-state index in [1.165, 1.54) is 21.6 Å². The van der Waals surface area contributed by atoms with Crippen LogP contribution in [0.2, 0.25) is 0 Å². The summed E-state index contributed by atoms with van der Waals surface area (Å²) in [7, 11) is 3.06. The third kappa shape index (κ3) is 12.7. The Morgan fingerprint density at radius 1 is 0.611 bits per heavy atom. The number of hydrogen-bond donors (Lipinski definition) is 2. The van der Waals surface area contributed by atoms with Gasteiger partial charge in [-0.1, -0.05) is 21.6 Å². The zero-order valence-electron chi connectivity index (χ0n) is 22.4. The normalized spacial score (nSPS) is 19.1. The zero-order valence-corrected chi connectivity index (χ0v) is 27.3. The summed E-state index contributed by atoms with van der Waals surface area (Å²) in [5.74, 6) is 1.08. The molecule has 0 spiro atoms. The van der Waals surface area contributed by atoms with Gasteiger partial charge in [-0.15, -0.1) is 49.6 Å². The van der Waals surface area contributed by atoms with Crippen LogP contribution in [0.1, 0.15) is 41.5 Å². The minimum absolute atomic E-state index is 0. The van der Waals surface area contributed by atoms with Crippen molar-refractivity contribution in [2.45, 2.75) is 64.7 Å². The van der Waals surface area contributed by atoms with Gasteiger partial charge in [0.15, 0.2) is 0 Å². The van der Waals surface area contributed by atoms with Gasteiger partial charge in [-0.2, -0.15) is 0 Å². The monoisotopic (exact) mass is 632 g/mol. The van der Waals surface area contributed by atoms with Crippen LogP contribution in [0.25, 0.3) is 0 Å². The molecule has 2 saturated heterocycles. The predicted molar refractivity (Wildman–Crippen MR) is 166 cm³/mol. The van der Waals surface area contributed by atoms with Crippen LogP contribution < -0.4 is 11.5 Å². The average molecular weight is 635 g/mol. The van der Waals surface area contributed by atoms with Gasteiger partial charge in [0.05, 0.1) is 12.1 Å². The van der Waals surface area contributed by atoms with Crippen LogP contribution in [0.4, 0.5) is 0 Å². The Morgan fingerprint density at radius 3 is 1.08 bits per heavy atom. The van der Waals surface area contributed by atoms with Crippen molar-refractivity contribution < 1.29 is 9.59 Å². The van der Waals surface area contributed by atoms with Gasteiger partial charge in [-0.05, 0) is 41.5 Å². The van der Waals surface area contributed by atoms with Crippen LogP contribution in [0.3, 0.4) is 0 Å². The number of nitrogens with zero attached hydrogens (tertiary/aromatic N) is 4. The van der Waals surface area contributed by atoms with Gasteiger partial charge >= 0.3 is 0 Å². The standard InChI is InChI=1S/C22H44N6O2S2.4ClH/c1-21(2,3)27-11-7-25(8-12-27)19(29)17(23)15-31-32-16-18(24)20(30)26-9-13-28(14-10-26)22(4,5)6;;;;/h17-18H,7-16,23-24H2,1-6H3;4*1H/t17-,18-;;;;/m0..../s1. The van der Waals surface area contributed by atoms with E-state index in [-0.39, 0.29) is 72.5 Å². The largest absolute Gasteiger partial charge is 0.339 e. The number of piperazine rings is 2. The second-order valence-electron chi connectivity index (χ2n) is 10.7. The summed E-state index contributed by atoms with van der Waals surface area (Å²) in [6.45, 7) is 19.6. The molecular weight excluding hydrogens is 586 g/mol. The molecular formula is C22H48Cl4N6O2S2. The molecule has 8 nitrogen and oxygen atoms in total. The molecule has 0 aromatic heterocycles. The van der Waals surface area contributed by atoms with Crippen LogP contribution >= 0.6 is 71.2 Å². The Kier molecular flexibility index (Phi) is 20.7. The SMILES string of the molecule is CC(C)(C)N1CCN(C(=O)[C@@H](N)CSSC[C@H](N)C(=O)N2CCN(C(C)(C)C)CC2)CC1.Cl.Cl.Cl.Cl. The van der Waals surface area contributed by atoms with E-state index in [1.807, 2.05) is 9.80 Å². The first-order valence-corrected chi connectivity index (χ1v) is 14.1. The number of hydrogen-bond acceptors (Lipinski definition) is 8. The van der Waals surface area contributed by atoms with Crippen molar-refractivity contribution in [3.05, 3.63) is 0 Å². The van der Waals surface area contributed by atoms with Gasteiger partial charge in [0.1, 0.15) is 0 Å². The first-order valence-electron chi connectivity index (χ1n) is 11.6. The third-order valence-corrected chi connectivity index (χ3v) is 8.77. The summed E-state index contributed by atoms with van der Waals surface area (Å²) >= 11 is 0. The molecule has 2 atom stereocenters. The molecule has 2 fully saturated rings. The molecule has 2 amide bonds. The van der Waals surface area contributed by atoms with Gasteiger partial charge in [-0.25, -0.2) is 0 Å². The van der Waals surface area contributed by atoms with Crippen LogP contribution in [-0.2, 0) is 9.59 Å². The molecule has 2 rings (SSSR count). The maximum atomic E-state index is 12.7. The van der Waals surface area contributed by atoms with Crippen molar-refractivity contribution in [1.82, 2.24) is 19.6 Å². The van der Waals surface area contributed by atoms with E-state index in [1.54, 1.807) is 0 Å². The minimum Gasteiger partial charge on any atom is -0.339 e. The summed E-state index contributed by atoms with van der Waals surface area (Å²) in [4.78, 5) is 33.9. The lowest BCUT2D eigenvalue weighted by Gasteiger charge is -2.42. The highest BCUT2D eigenvalue weighted by Crippen LogP contribution is 2.24. The maximum Gasteiger partial charge on any atom is 0.240 e. The molecule has 2 aliphatic rings. The van der Waals surface area contributed by atoms with Crippen molar-refractivity contribution in [3.8, 4) is 0 Å². The molecule has 0 aromatic rings. The number of halogens is 4. The Hall–Kier alpha value is 0.640. The smallest absolute Gasteiger partial charge is 0.240 e. The summed E-state index contributed by atoms with van der Waals surface area (Å²) < 4.78 is 0. The minimum atomic E-state index is -0.522. The number of nitrogens with two attached hydrogens (primary N) is 2. The third-order valence-electron chi connectivity index (χ3n) is 6.29. The van der Waals surface area contributed by atoms with Crippen LogP contribution in [-0.4, -0.2) is 118 Å². The molecule has 218 valence electrons. The summed E-state index contributed by atoms with van der Waals surface area (Å²) in [5, 5.41) is 0. The first-order chi connectivity index (χ1) is 14.8. The van der Waals surface area contributed by atoms with Crippen molar-refractivity contribution >= 4 is 83.0 Å². The Bertz CT molecular complexity index is 585. The van der Waals surface area contributed by atoms with E-state index in [9.17, 15) is 9.59 Å². The van der Waals surface area contributed by atoms with Crippen molar-refractivity contribution in [2.75, 3.05) is 63.9 Å². The molecule has 36 heavy (non-hydrogen) atoms. The van der Waals surface area contributed by atoms with Gasteiger partial charge in [0.2, 0.25) is 11.8 Å². The Labute approximate surface area is 251 Å². The highest BCUT2D eigenvalue weighted by atomic mass is 35.5. The lowest BCUT2D eigenvalue weighted by molar-refractivity contribution is -0.135. The molecule has 0 saturated carbocycles. The molecule has 4 N–H and O–H groups in total. The average Bonchev–Trinajstić information content (AvgIpc) is 2.74. The quantitative estimate of drug-likeness (QED) is 0.326. The van der Waals surface area contributed by atoms with E-state index in [0.717, 1.165) is 52.4 Å². The lowest BCUT2D eigenvalue weighted by atomic mass is 10.0. The molecule has 0 aromatic carbocycles. The summed E-state index contributed by atoms with van der Waals surface area (Å²) in [6, 6.07) is -1.04. The number of amides is 2. The summed E-state index contributed by atoms with van der Waals surface area (Å²) in [5.41, 5.74) is 12.6. The zero-order chi connectivity index (χ0) is 24.1. The second-order valence-corrected chi connectivity index (χ2v) is 13.3. The van der Waals surface area contributed by atoms with Crippen LogP contribution in [0.15, 0.2) is 0 Å². The van der Waals surface area contributed by atoms with E-state index < -0.39 is 12.1 Å². The van der Waals surface area contributed by atoms with E-state index in [4.69, 9.17) is 11.5 Å². The van der Waals surface area contributed by atoms with Gasteiger partial charge in [0, 0.05) is 74.9 Å². The Morgan fingerprint density at radius 2 is 0.861 bits per heavy atom. The molecule has 0 unspecified atom stereocenters. The highest BCUT2D eigenvalue weighted by Gasteiger charge is 2.31. The predicted octanol–water partition coefficient (Wildman–Crippen LogP) is 2.60. The molecule has 2 heterocycles. The molecule has 0 bridgehead atoms. The van der Waals surface area contributed by atoms with E-state index in [0.29, 0.717) is 11.5 Å². The second kappa shape index (κ2) is 18.1. The molecule has 14 heteroatoms. The van der Waals surface area contributed by atoms with E-state index in [2.05, 4.69) is 51.3 Å². The fourth-order valence-corrected chi connectivity index (χ4v) is 6.28. The van der Waals surface area contributed by atoms with Crippen LogP contribution in [0, 0.1) is 0 Å². The molecule has 2 aliphatic heterocycles. The topological polar surface area (TPSA) is 99.1 Å². The Balaban J connectivity index is -0.00000272. The molecule has 0 radical (unpaired) electrons. The van der Waals surface area contributed by atoms with Crippen molar-refractivity contribution in [3.63, 3.8) is 0 Å². The fourth-order valence-electron chi connectivity index (χ4n) is 4.05. The van der Waals surface area contributed by atoms with Crippen molar-refractivity contribution in [1.29, 1.82) is 0 Å². The number of carbonyl (C=O) groups excluding carboxylic acids is 2. The van der Waals surface area contributed by atoms with Crippen molar-refractivity contribution in [2.24, 2.45) is 11.5 Å². The lowest BCUT2D eigenvalue weighted by Crippen LogP contribution is -2.57. The summed E-state index contributed by atoms with van der Waals surface area (Å²) in [6.07, 6.45) is 0. The van der Waals surface area contributed by atoms with Crippen LogP contribution in [0.5, 0.6) is 0 Å². The first kappa shape index (κ1) is 41.1. The van der Waals surface area contributed by atoms with Gasteiger partial charge in [-0.3, -0.25) is 19.4 Å². The molecule has 0 aliphatic carbocycles. The number of carbonyl (C=O) groups is 2. The van der Waals surface area contributed by atoms with Gasteiger partial charge in [0.25, 0.3) is 0 Å². The number of rotatable bonds is 7. The fraction of sp³-hybridized carbons (Fsp3) is 0.909. The maximum absolute atomic E-state index is 12.7. The van der Waals surface area contributed by atoms with Gasteiger partial charge < -0.3 is 21.3 Å². The van der Waals surface area contributed by atoms with E-state index >= 15 is 0 Å². The highest BCUT2D eigenvalue weighted by molar-refractivity contribution is 8.76.